The number of carbonyl (C=O) groups excluding carboxylic acids is 5. The normalized spacial score (nSPS) is 21.0. The van der Waals surface area contributed by atoms with Gasteiger partial charge in [0, 0.05) is 6.42 Å². The van der Waals surface area contributed by atoms with Gasteiger partial charge in [-0.3, -0.25) is 24.0 Å². The van der Waals surface area contributed by atoms with Crippen LogP contribution in [0, 0.1) is 5.92 Å². The molecule has 0 radical (unpaired) electrons. The first-order chi connectivity index (χ1) is 16.6. The Morgan fingerprint density at radius 3 is 2.26 bits per heavy atom. The summed E-state index contributed by atoms with van der Waals surface area (Å²) in [6.07, 6.45) is 6.10. The maximum atomic E-state index is 13.3. The molecule has 198 valence electrons. The first-order valence-corrected chi connectivity index (χ1v) is 12.8. The van der Waals surface area contributed by atoms with Crippen LogP contribution >= 0.6 is 0 Å². The van der Waals surface area contributed by atoms with Crippen molar-refractivity contribution < 1.29 is 24.0 Å². The SMILES string of the molecule is CC(C)C[C@H](NC(=O)[C@@H]1CCC(=O)N1)C(=O)N[C@@H](CCCCN)C(=O)NC1(C(N)=O)CCCCC1. The molecule has 11 heteroatoms. The van der Waals surface area contributed by atoms with Gasteiger partial charge in [0.05, 0.1) is 0 Å². The zero-order valence-electron chi connectivity index (χ0n) is 21.0. The molecular weight excluding hydrogens is 452 g/mol. The van der Waals surface area contributed by atoms with E-state index in [0.29, 0.717) is 51.5 Å². The molecule has 3 atom stereocenters. The molecule has 1 aliphatic heterocycles. The van der Waals surface area contributed by atoms with Crippen molar-refractivity contribution in [3.05, 3.63) is 0 Å². The average Bonchev–Trinajstić information content (AvgIpc) is 3.24. The molecule has 0 bridgehead atoms. The van der Waals surface area contributed by atoms with Crippen molar-refractivity contribution in [2.45, 2.75) is 108 Å². The topological polar surface area (TPSA) is 186 Å². The number of nitrogens with two attached hydrogens (primary N) is 2. The molecular formula is C24H42N6O5. The third-order valence-corrected chi connectivity index (χ3v) is 6.77. The molecule has 0 spiro atoms. The molecule has 1 saturated heterocycles. The van der Waals surface area contributed by atoms with E-state index in [0.717, 1.165) is 19.3 Å². The summed E-state index contributed by atoms with van der Waals surface area (Å²) in [5.74, 6) is -2.04. The number of hydrogen-bond acceptors (Lipinski definition) is 6. The van der Waals surface area contributed by atoms with Crippen molar-refractivity contribution in [1.29, 1.82) is 0 Å². The van der Waals surface area contributed by atoms with Crippen molar-refractivity contribution in [3.63, 3.8) is 0 Å². The summed E-state index contributed by atoms with van der Waals surface area (Å²) in [5, 5.41) is 11.0. The van der Waals surface area contributed by atoms with Crippen LogP contribution < -0.4 is 32.7 Å². The fourth-order valence-corrected chi connectivity index (χ4v) is 4.73. The number of carbonyl (C=O) groups is 5. The Balaban J connectivity index is 2.13. The third-order valence-electron chi connectivity index (χ3n) is 6.77. The Hall–Kier alpha value is -2.69. The van der Waals surface area contributed by atoms with Gasteiger partial charge in [-0.25, -0.2) is 0 Å². The monoisotopic (exact) mass is 494 g/mol. The van der Waals surface area contributed by atoms with Gasteiger partial charge in [0.1, 0.15) is 23.7 Å². The number of hydrogen-bond donors (Lipinski definition) is 6. The smallest absolute Gasteiger partial charge is 0.243 e. The highest BCUT2D eigenvalue weighted by Gasteiger charge is 2.41. The van der Waals surface area contributed by atoms with E-state index in [2.05, 4.69) is 21.3 Å². The minimum atomic E-state index is -1.11. The molecule has 0 aromatic rings. The second-order valence-electron chi connectivity index (χ2n) is 10.2. The van der Waals surface area contributed by atoms with Crippen molar-refractivity contribution in [2.24, 2.45) is 17.4 Å². The van der Waals surface area contributed by atoms with Gasteiger partial charge in [0.15, 0.2) is 0 Å². The lowest BCUT2D eigenvalue weighted by Crippen LogP contribution is -2.63. The number of primary amides is 1. The number of amides is 5. The summed E-state index contributed by atoms with van der Waals surface area (Å²) in [5.41, 5.74) is 10.2. The quantitative estimate of drug-likeness (QED) is 0.191. The Morgan fingerprint density at radius 2 is 1.71 bits per heavy atom. The van der Waals surface area contributed by atoms with Crippen LogP contribution in [0.3, 0.4) is 0 Å². The molecule has 2 fully saturated rings. The zero-order chi connectivity index (χ0) is 26.0. The number of rotatable bonds is 13. The molecule has 0 unspecified atom stereocenters. The van der Waals surface area contributed by atoms with Crippen LogP contribution in [0.25, 0.3) is 0 Å². The van der Waals surface area contributed by atoms with Gasteiger partial charge in [-0.1, -0.05) is 33.1 Å². The van der Waals surface area contributed by atoms with E-state index in [9.17, 15) is 24.0 Å². The van der Waals surface area contributed by atoms with Crippen molar-refractivity contribution in [2.75, 3.05) is 6.54 Å². The third kappa shape index (κ3) is 8.48. The van der Waals surface area contributed by atoms with E-state index in [4.69, 9.17) is 11.5 Å². The predicted molar refractivity (Wildman–Crippen MR) is 131 cm³/mol. The molecule has 5 amide bonds. The minimum Gasteiger partial charge on any atom is -0.368 e. The molecule has 1 heterocycles. The Labute approximate surface area is 207 Å². The molecule has 2 aliphatic rings. The summed E-state index contributed by atoms with van der Waals surface area (Å²) in [6.45, 7) is 4.30. The molecule has 0 aromatic carbocycles. The van der Waals surface area contributed by atoms with Crippen LogP contribution in [0.5, 0.6) is 0 Å². The van der Waals surface area contributed by atoms with Gasteiger partial charge < -0.3 is 32.7 Å². The minimum absolute atomic E-state index is 0.0918. The van der Waals surface area contributed by atoms with Gasteiger partial charge in [-0.2, -0.15) is 0 Å². The summed E-state index contributed by atoms with van der Waals surface area (Å²) >= 11 is 0. The molecule has 1 aliphatic carbocycles. The van der Waals surface area contributed by atoms with E-state index in [-0.39, 0.29) is 18.2 Å². The highest BCUT2D eigenvalue weighted by molar-refractivity contribution is 5.97. The van der Waals surface area contributed by atoms with Gasteiger partial charge in [0.25, 0.3) is 0 Å². The van der Waals surface area contributed by atoms with Crippen molar-refractivity contribution in [1.82, 2.24) is 21.3 Å². The molecule has 0 aromatic heterocycles. The summed E-state index contributed by atoms with van der Waals surface area (Å²) in [6, 6.07) is -2.44. The lowest BCUT2D eigenvalue weighted by Gasteiger charge is -2.36. The lowest BCUT2D eigenvalue weighted by atomic mass is 9.80. The van der Waals surface area contributed by atoms with Crippen LogP contribution in [0.2, 0.25) is 0 Å². The second-order valence-corrected chi connectivity index (χ2v) is 10.2. The average molecular weight is 495 g/mol. The fourth-order valence-electron chi connectivity index (χ4n) is 4.73. The highest BCUT2D eigenvalue weighted by Crippen LogP contribution is 2.28. The van der Waals surface area contributed by atoms with Gasteiger partial charge in [0.2, 0.25) is 29.5 Å². The highest BCUT2D eigenvalue weighted by atomic mass is 16.2. The molecule has 11 nitrogen and oxygen atoms in total. The van der Waals surface area contributed by atoms with E-state index in [1.165, 1.54) is 0 Å². The lowest BCUT2D eigenvalue weighted by molar-refractivity contribution is -0.136. The Kier molecular flexibility index (Phi) is 10.9. The van der Waals surface area contributed by atoms with E-state index < -0.39 is 47.3 Å². The number of unbranched alkanes of at least 4 members (excludes halogenated alkanes) is 1. The molecule has 1 saturated carbocycles. The van der Waals surface area contributed by atoms with Gasteiger partial charge in [-0.05, 0) is 57.4 Å². The van der Waals surface area contributed by atoms with Crippen molar-refractivity contribution in [3.8, 4) is 0 Å². The van der Waals surface area contributed by atoms with Crippen LogP contribution in [-0.2, 0) is 24.0 Å². The summed E-state index contributed by atoms with van der Waals surface area (Å²) in [4.78, 5) is 62.9. The van der Waals surface area contributed by atoms with Crippen LogP contribution in [0.15, 0.2) is 0 Å². The second kappa shape index (κ2) is 13.4. The zero-order valence-corrected chi connectivity index (χ0v) is 21.0. The van der Waals surface area contributed by atoms with Gasteiger partial charge in [-0.15, -0.1) is 0 Å². The first kappa shape index (κ1) is 28.5. The van der Waals surface area contributed by atoms with E-state index in [1.54, 1.807) is 0 Å². The standard InChI is InChI=1S/C24H42N6O5/c1-15(2)14-18(29-20(32)17-9-10-19(31)27-17)21(33)28-16(8-4-7-13-25)22(34)30-24(23(26)35)11-5-3-6-12-24/h15-18H,3-14,25H2,1-2H3,(H2,26,35)(H,27,31)(H,28,33)(H,29,32)(H,30,34)/t16-,17-,18-/m0/s1. The summed E-state index contributed by atoms with van der Waals surface area (Å²) in [7, 11) is 0. The number of nitrogens with one attached hydrogen (secondary N) is 4. The fraction of sp³-hybridized carbons (Fsp3) is 0.792. The van der Waals surface area contributed by atoms with Crippen LogP contribution in [0.1, 0.15) is 84.5 Å². The molecule has 2 rings (SSSR count). The Morgan fingerprint density at radius 1 is 1.03 bits per heavy atom. The van der Waals surface area contributed by atoms with Crippen molar-refractivity contribution >= 4 is 29.5 Å². The molecule has 8 N–H and O–H groups in total. The van der Waals surface area contributed by atoms with Crippen LogP contribution in [-0.4, -0.2) is 59.7 Å². The molecule has 35 heavy (non-hydrogen) atoms. The maximum Gasteiger partial charge on any atom is 0.243 e. The van der Waals surface area contributed by atoms with Gasteiger partial charge >= 0.3 is 0 Å². The maximum absolute atomic E-state index is 13.3. The summed E-state index contributed by atoms with van der Waals surface area (Å²) < 4.78 is 0. The first-order valence-electron chi connectivity index (χ1n) is 12.8. The van der Waals surface area contributed by atoms with E-state index in [1.807, 2.05) is 13.8 Å². The van der Waals surface area contributed by atoms with Crippen LogP contribution in [0.4, 0.5) is 0 Å². The predicted octanol–water partition coefficient (Wildman–Crippen LogP) is -0.286. The Bertz CT molecular complexity index is 780. The van der Waals surface area contributed by atoms with E-state index >= 15 is 0 Å². The largest absolute Gasteiger partial charge is 0.368 e.